The molecule has 0 radical (unpaired) electrons. The summed E-state index contributed by atoms with van der Waals surface area (Å²) in [7, 11) is 1.82. The van der Waals surface area contributed by atoms with E-state index in [-0.39, 0.29) is 0 Å². The summed E-state index contributed by atoms with van der Waals surface area (Å²) >= 11 is 0. The number of rotatable bonds is 4. The highest BCUT2D eigenvalue weighted by Crippen LogP contribution is 2.13. The molecule has 86 valence electrons. The molecule has 2 aromatic rings. The second kappa shape index (κ2) is 4.44. The number of hydrogen-bond acceptors (Lipinski definition) is 5. The van der Waals surface area contributed by atoms with E-state index in [0.29, 0.717) is 12.5 Å². The van der Waals surface area contributed by atoms with Gasteiger partial charge in [-0.05, 0) is 26.3 Å². The van der Waals surface area contributed by atoms with Crippen LogP contribution in [0.25, 0.3) is 5.65 Å². The molecule has 0 fully saturated rings. The van der Waals surface area contributed by atoms with Gasteiger partial charge >= 0.3 is 0 Å². The minimum atomic E-state index is 0.681. The summed E-state index contributed by atoms with van der Waals surface area (Å²) in [5.74, 6) is 1.45. The van der Waals surface area contributed by atoms with Gasteiger partial charge in [0.05, 0.1) is 6.20 Å². The quantitative estimate of drug-likeness (QED) is 0.777. The van der Waals surface area contributed by atoms with Crippen LogP contribution in [0.15, 0.2) is 6.20 Å². The molecule has 6 nitrogen and oxygen atoms in total. The van der Waals surface area contributed by atoms with E-state index in [1.165, 1.54) is 0 Å². The number of nitrogens with two attached hydrogens (primary N) is 1. The van der Waals surface area contributed by atoms with E-state index in [2.05, 4.69) is 20.4 Å². The maximum Gasteiger partial charge on any atom is 0.227 e. The van der Waals surface area contributed by atoms with Gasteiger partial charge in [-0.1, -0.05) is 0 Å². The smallest absolute Gasteiger partial charge is 0.227 e. The van der Waals surface area contributed by atoms with E-state index in [0.717, 1.165) is 29.9 Å². The Morgan fingerprint density at radius 1 is 1.44 bits per heavy atom. The van der Waals surface area contributed by atoms with Crippen LogP contribution in [0.4, 0.5) is 5.95 Å². The molecule has 0 aliphatic heterocycles. The Balaban J connectivity index is 2.49. The van der Waals surface area contributed by atoms with Crippen LogP contribution >= 0.6 is 0 Å². The van der Waals surface area contributed by atoms with E-state index >= 15 is 0 Å². The summed E-state index contributed by atoms with van der Waals surface area (Å²) < 4.78 is 1.72. The number of aryl methyl sites for hydroxylation is 2. The van der Waals surface area contributed by atoms with Gasteiger partial charge in [0.2, 0.25) is 5.95 Å². The predicted molar refractivity (Wildman–Crippen MR) is 62.4 cm³/mol. The Kier molecular flexibility index (Phi) is 3.00. The molecule has 0 unspecified atom stereocenters. The second-order valence-electron chi connectivity index (χ2n) is 3.64. The van der Waals surface area contributed by atoms with Gasteiger partial charge in [0.25, 0.3) is 0 Å². The van der Waals surface area contributed by atoms with Crippen LogP contribution in [0.1, 0.15) is 17.8 Å². The summed E-state index contributed by atoms with van der Waals surface area (Å²) in [5.41, 5.74) is 7.49. The van der Waals surface area contributed by atoms with Crippen molar-refractivity contribution in [3.05, 3.63) is 17.6 Å². The summed E-state index contributed by atoms with van der Waals surface area (Å²) in [6.07, 6.45) is 3.68. The maximum absolute atomic E-state index is 5.50. The topological polar surface area (TPSA) is 81.1 Å². The average Bonchev–Trinajstić information content (AvgIpc) is 2.68. The van der Waals surface area contributed by atoms with Crippen molar-refractivity contribution in [2.24, 2.45) is 5.73 Å². The van der Waals surface area contributed by atoms with Crippen molar-refractivity contribution in [1.82, 2.24) is 19.6 Å². The molecule has 0 saturated heterocycles. The van der Waals surface area contributed by atoms with Gasteiger partial charge in [-0.15, -0.1) is 0 Å². The van der Waals surface area contributed by atoms with Crippen LogP contribution in [-0.2, 0) is 6.42 Å². The first-order valence-corrected chi connectivity index (χ1v) is 5.35. The third-order valence-electron chi connectivity index (χ3n) is 2.43. The number of nitrogens with one attached hydrogen (secondary N) is 1. The van der Waals surface area contributed by atoms with Gasteiger partial charge in [-0.2, -0.15) is 14.6 Å². The molecule has 0 aliphatic rings. The van der Waals surface area contributed by atoms with Gasteiger partial charge in [0.1, 0.15) is 5.82 Å². The molecule has 0 spiro atoms. The molecule has 0 atom stereocenters. The number of anilines is 1. The Labute approximate surface area is 93.9 Å². The molecule has 16 heavy (non-hydrogen) atoms. The van der Waals surface area contributed by atoms with Crippen LogP contribution < -0.4 is 11.1 Å². The highest BCUT2D eigenvalue weighted by atomic mass is 15.3. The predicted octanol–water partition coefficient (Wildman–Crippen LogP) is 0.366. The lowest BCUT2D eigenvalue weighted by Crippen LogP contribution is -2.06. The largest absolute Gasteiger partial charge is 0.357 e. The zero-order valence-electron chi connectivity index (χ0n) is 9.56. The lowest BCUT2D eigenvalue weighted by atomic mass is 10.2. The Hall–Kier alpha value is -1.69. The Morgan fingerprint density at radius 3 is 2.94 bits per heavy atom. The highest BCUT2D eigenvalue weighted by molar-refractivity contribution is 5.50. The van der Waals surface area contributed by atoms with Crippen molar-refractivity contribution in [3.8, 4) is 0 Å². The summed E-state index contributed by atoms with van der Waals surface area (Å²) in [6.45, 7) is 2.56. The van der Waals surface area contributed by atoms with Crippen molar-refractivity contribution >= 4 is 11.6 Å². The fourth-order valence-electron chi connectivity index (χ4n) is 1.66. The summed E-state index contributed by atoms with van der Waals surface area (Å²) in [5, 5.41) is 7.28. The lowest BCUT2D eigenvalue weighted by molar-refractivity contribution is 0.833. The van der Waals surface area contributed by atoms with Gasteiger partial charge in [0.15, 0.2) is 5.65 Å². The Bertz CT molecular complexity index is 489. The second-order valence-corrected chi connectivity index (χ2v) is 3.64. The van der Waals surface area contributed by atoms with E-state index in [1.54, 1.807) is 4.52 Å². The molecule has 6 heteroatoms. The van der Waals surface area contributed by atoms with Crippen LogP contribution in [0.3, 0.4) is 0 Å². The first-order chi connectivity index (χ1) is 7.76. The zero-order valence-corrected chi connectivity index (χ0v) is 9.56. The van der Waals surface area contributed by atoms with Crippen molar-refractivity contribution in [1.29, 1.82) is 0 Å². The first-order valence-electron chi connectivity index (χ1n) is 5.35. The normalized spacial score (nSPS) is 10.9. The molecule has 0 bridgehead atoms. The molecule has 2 heterocycles. The number of aromatic nitrogens is 4. The average molecular weight is 220 g/mol. The van der Waals surface area contributed by atoms with Gasteiger partial charge < -0.3 is 11.1 Å². The molecular formula is C10H16N6. The van der Waals surface area contributed by atoms with Crippen LogP contribution in [0.5, 0.6) is 0 Å². The zero-order chi connectivity index (χ0) is 11.5. The molecular weight excluding hydrogens is 204 g/mol. The molecule has 0 amide bonds. The lowest BCUT2D eigenvalue weighted by Gasteiger charge is -2.04. The monoisotopic (exact) mass is 220 g/mol. The summed E-state index contributed by atoms with van der Waals surface area (Å²) in [6, 6.07) is 0. The van der Waals surface area contributed by atoms with Crippen LogP contribution in [-0.4, -0.2) is 33.2 Å². The minimum Gasteiger partial charge on any atom is -0.357 e. The van der Waals surface area contributed by atoms with Crippen molar-refractivity contribution in [2.45, 2.75) is 19.8 Å². The number of nitrogens with zero attached hydrogens (tertiary/aromatic N) is 4. The summed E-state index contributed by atoms with van der Waals surface area (Å²) in [4.78, 5) is 8.67. The van der Waals surface area contributed by atoms with Crippen molar-refractivity contribution in [2.75, 3.05) is 18.9 Å². The van der Waals surface area contributed by atoms with E-state index in [1.807, 2.05) is 20.2 Å². The van der Waals surface area contributed by atoms with Crippen molar-refractivity contribution < 1.29 is 0 Å². The number of hydrogen-bond donors (Lipinski definition) is 2. The van der Waals surface area contributed by atoms with E-state index in [9.17, 15) is 0 Å². The molecule has 0 aromatic carbocycles. The third kappa shape index (κ3) is 1.83. The van der Waals surface area contributed by atoms with Crippen LogP contribution in [0, 0.1) is 6.92 Å². The van der Waals surface area contributed by atoms with Gasteiger partial charge in [-0.3, -0.25) is 0 Å². The van der Waals surface area contributed by atoms with Gasteiger partial charge in [-0.25, -0.2) is 4.98 Å². The third-order valence-corrected chi connectivity index (χ3v) is 2.43. The molecule has 0 aliphatic carbocycles. The molecule has 3 N–H and O–H groups in total. The van der Waals surface area contributed by atoms with E-state index in [4.69, 9.17) is 5.73 Å². The first kappa shape index (κ1) is 10.8. The minimum absolute atomic E-state index is 0.681. The maximum atomic E-state index is 5.50. The number of fused-ring (bicyclic) bond motifs is 1. The Morgan fingerprint density at radius 2 is 2.25 bits per heavy atom. The fraction of sp³-hybridized carbons (Fsp3) is 0.500. The molecule has 2 aromatic heterocycles. The molecule has 0 saturated carbocycles. The van der Waals surface area contributed by atoms with Gasteiger partial charge in [0, 0.05) is 12.6 Å². The fourth-order valence-corrected chi connectivity index (χ4v) is 1.66. The molecule has 2 rings (SSSR count). The van der Waals surface area contributed by atoms with Crippen LogP contribution in [0.2, 0.25) is 0 Å². The standard InChI is InChI=1S/C10H16N6/c1-7-14-9-8(4-3-5-11)6-13-16(9)10(12-2)15-7/h6H,3-5,11H2,1-2H3,(H,12,14,15). The SMILES string of the molecule is CNc1nc(C)nc2c(CCCN)cnn12. The highest BCUT2D eigenvalue weighted by Gasteiger charge is 2.09. The van der Waals surface area contributed by atoms with E-state index < -0.39 is 0 Å². The van der Waals surface area contributed by atoms with Crippen molar-refractivity contribution in [3.63, 3.8) is 0 Å².